The van der Waals surface area contributed by atoms with E-state index < -0.39 is 28.0 Å². The van der Waals surface area contributed by atoms with E-state index in [1.165, 1.54) is 12.3 Å². The first-order chi connectivity index (χ1) is 9.88. The van der Waals surface area contributed by atoms with Crippen LogP contribution < -0.4 is 10.5 Å². The summed E-state index contributed by atoms with van der Waals surface area (Å²) >= 11 is 0. The van der Waals surface area contributed by atoms with E-state index in [-0.39, 0.29) is 11.9 Å². The molecule has 0 saturated heterocycles. The van der Waals surface area contributed by atoms with Crippen LogP contribution in [-0.4, -0.2) is 9.91 Å². The third-order valence-corrected chi connectivity index (χ3v) is 2.70. The third-order valence-electron chi connectivity index (χ3n) is 2.70. The third kappa shape index (κ3) is 3.29. The molecule has 0 aliphatic carbocycles. The fourth-order valence-electron chi connectivity index (χ4n) is 1.57. The van der Waals surface area contributed by atoms with Crippen LogP contribution >= 0.6 is 0 Å². The summed E-state index contributed by atoms with van der Waals surface area (Å²) in [6.07, 6.45) is 1.44. The number of ether oxygens (including phenoxy) is 1. The van der Waals surface area contributed by atoms with Crippen LogP contribution in [0.3, 0.4) is 0 Å². The van der Waals surface area contributed by atoms with Gasteiger partial charge in [0.25, 0.3) is 0 Å². The second-order valence-electron chi connectivity index (χ2n) is 4.31. The van der Waals surface area contributed by atoms with Crippen molar-refractivity contribution in [3.8, 4) is 11.6 Å². The van der Waals surface area contributed by atoms with Gasteiger partial charge >= 0.3 is 5.69 Å². The normalized spacial score (nSPS) is 12.0. The minimum atomic E-state index is -1.19. The molecule has 0 fully saturated rings. The molecular weight excluding hydrogens is 284 g/mol. The molecule has 0 unspecified atom stereocenters. The van der Waals surface area contributed by atoms with E-state index in [4.69, 9.17) is 10.5 Å². The van der Waals surface area contributed by atoms with Crippen molar-refractivity contribution < 1.29 is 18.4 Å². The molecule has 8 heteroatoms. The van der Waals surface area contributed by atoms with Crippen molar-refractivity contribution in [2.45, 2.75) is 13.0 Å². The summed E-state index contributed by atoms with van der Waals surface area (Å²) in [6, 6.07) is 3.92. The minimum absolute atomic E-state index is 0.0200. The molecule has 0 radical (unpaired) electrons. The van der Waals surface area contributed by atoms with Crippen molar-refractivity contribution in [1.82, 2.24) is 4.98 Å². The predicted octanol–water partition coefficient (Wildman–Crippen LogP) is 3.08. The summed E-state index contributed by atoms with van der Waals surface area (Å²) in [7, 11) is 0. The van der Waals surface area contributed by atoms with Crippen LogP contribution in [0.2, 0.25) is 0 Å². The molecule has 2 aromatic rings. The maximum Gasteiger partial charge on any atom is 0.307 e. The summed E-state index contributed by atoms with van der Waals surface area (Å²) in [4.78, 5) is 13.4. The van der Waals surface area contributed by atoms with E-state index in [1.807, 2.05) is 0 Å². The molecule has 0 spiro atoms. The topological polar surface area (TPSA) is 91.3 Å². The highest BCUT2D eigenvalue weighted by molar-refractivity contribution is 5.40. The molecule has 1 heterocycles. The van der Waals surface area contributed by atoms with E-state index in [2.05, 4.69) is 4.98 Å². The standard InChI is InChI=1S/C13H11F2N3O3/c1-7(16)8-2-3-13(17-6-8)21-12-5-9(14)11(18(19)20)4-10(12)15/h2-7H,16H2,1H3/t7-/m0/s1. The molecule has 1 atom stereocenters. The first-order valence-corrected chi connectivity index (χ1v) is 5.91. The summed E-state index contributed by atoms with van der Waals surface area (Å²) in [5, 5.41) is 10.5. The van der Waals surface area contributed by atoms with Crippen LogP contribution in [0.25, 0.3) is 0 Å². The van der Waals surface area contributed by atoms with Crippen molar-refractivity contribution >= 4 is 5.69 Å². The number of nitrogens with zero attached hydrogens (tertiary/aromatic N) is 2. The Morgan fingerprint density at radius 3 is 2.57 bits per heavy atom. The van der Waals surface area contributed by atoms with Gasteiger partial charge in [-0.15, -0.1) is 0 Å². The molecular formula is C13H11F2N3O3. The predicted molar refractivity (Wildman–Crippen MR) is 69.9 cm³/mol. The van der Waals surface area contributed by atoms with E-state index in [0.29, 0.717) is 12.1 Å². The Kier molecular flexibility index (Phi) is 4.08. The summed E-state index contributed by atoms with van der Waals surface area (Å²) < 4.78 is 32.1. The quantitative estimate of drug-likeness (QED) is 0.691. The highest BCUT2D eigenvalue weighted by Gasteiger charge is 2.20. The smallest absolute Gasteiger partial charge is 0.307 e. The lowest BCUT2D eigenvalue weighted by Crippen LogP contribution is -2.05. The maximum absolute atomic E-state index is 13.6. The average molecular weight is 295 g/mol. The molecule has 21 heavy (non-hydrogen) atoms. The number of benzene rings is 1. The largest absolute Gasteiger partial charge is 0.436 e. The molecule has 0 aliphatic rings. The molecule has 6 nitrogen and oxygen atoms in total. The second-order valence-corrected chi connectivity index (χ2v) is 4.31. The summed E-state index contributed by atoms with van der Waals surface area (Å²) in [5.41, 5.74) is 5.44. The number of aromatic nitrogens is 1. The van der Waals surface area contributed by atoms with Crippen LogP contribution in [0.15, 0.2) is 30.5 Å². The zero-order valence-electron chi connectivity index (χ0n) is 10.9. The zero-order chi connectivity index (χ0) is 15.6. The zero-order valence-corrected chi connectivity index (χ0v) is 10.9. The van der Waals surface area contributed by atoms with Crippen molar-refractivity contribution in [1.29, 1.82) is 0 Å². The Bertz CT molecular complexity index is 675. The number of hydrogen-bond acceptors (Lipinski definition) is 5. The van der Waals surface area contributed by atoms with Gasteiger partial charge in [-0.2, -0.15) is 4.39 Å². The molecule has 110 valence electrons. The number of nitrogens with two attached hydrogens (primary N) is 1. The van der Waals surface area contributed by atoms with Gasteiger partial charge in [0.1, 0.15) is 0 Å². The van der Waals surface area contributed by atoms with Gasteiger partial charge in [0.05, 0.1) is 11.0 Å². The van der Waals surface area contributed by atoms with Crippen molar-refractivity contribution in [2.24, 2.45) is 5.73 Å². The lowest BCUT2D eigenvalue weighted by Gasteiger charge is -2.08. The Hall–Kier alpha value is -2.61. The van der Waals surface area contributed by atoms with Gasteiger partial charge in [-0.25, -0.2) is 9.37 Å². The molecule has 2 rings (SSSR count). The SMILES string of the molecule is C[C@H](N)c1ccc(Oc2cc(F)c([N+](=O)[O-])cc2F)nc1. The van der Waals surface area contributed by atoms with Crippen LogP contribution in [0, 0.1) is 21.7 Å². The van der Waals surface area contributed by atoms with E-state index >= 15 is 0 Å². The van der Waals surface area contributed by atoms with Crippen LogP contribution in [0.4, 0.5) is 14.5 Å². The van der Waals surface area contributed by atoms with E-state index in [0.717, 1.165) is 5.56 Å². The van der Waals surface area contributed by atoms with Gasteiger partial charge < -0.3 is 10.5 Å². The number of hydrogen-bond donors (Lipinski definition) is 1. The van der Waals surface area contributed by atoms with Crippen LogP contribution in [-0.2, 0) is 0 Å². The molecule has 0 amide bonds. The number of nitro groups is 1. The van der Waals surface area contributed by atoms with Crippen molar-refractivity contribution in [3.63, 3.8) is 0 Å². The van der Waals surface area contributed by atoms with Gasteiger partial charge in [0.2, 0.25) is 11.7 Å². The Morgan fingerprint density at radius 1 is 1.33 bits per heavy atom. The van der Waals surface area contributed by atoms with Gasteiger partial charge in [-0.05, 0) is 12.5 Å². The Balaban J connectivity index is 2.27. The number of nitro benzene ring substituents is 1. The second kappa shape index (κ2) is 5.80. The molecule has 0 saturated carbocycles. The van der Waals surface area contributed by atoms with Gasteiger partial charge in [-0.3, -0.25) is 10.1 Å². The highest BCUT2D eigenvalue weighted by atomic mass is 19.1. The van der Waals surface area contributed by atoms with Gasteiger partial charge in [0.15, 0.2) is 11.6 Å². The Morgan fingerprint density at radius 2 is 2.05 bits per heavy atom. The van der Waals surface area contributed by atoms with Crippen molar-refractivity contribution in [3.05, 3.63) is 57.8 Å². The van der Waals surface area contributed by atoms with Crippen LogP contribution in [0.5, 0.6) is 11.6 Å². The number of halogens is 2. The summed E-state index contributed by atoms with van der Waals surface area (Å²) in [6.45, 7) is 1.77. The first kappa shape index (κ1) is 14.8. The van der Waals surface area contributed by atoms with Gasteiger partial charge in [-0.1, -0.05) is 6.07 Å². The molecule has 1 aromatic heterocycles. The first-order valence-electron chi connectivity index (χ1n) is 5.91. The monoisotopic (exact) mass is 295 g/mol. The van der Waals surface area contributed by atoms with Gasteiger partial charge in [0, 0.05) is 24.4 Å². The molecule has 2 N–H and O–H groups in total. The minimum Gasteiger partial charge on any atom is -0.436 e. The number of rotatable bonds is 4. The lowest BCUT2D eigenvalue weighted by atomic mass is 10.2. The molecule has 1 aromatic carbocycles. The average Bonchev–Trinajstić information content (AvgIpc) is 2.42. The van der Waals surface area contributed by atoms with E-state index in [1.54, 1.807) is 13.0 Å². The van der Waals surface area contributed by atoms with Crippen molar-refractivity contribution in [2.75, 3.05) is 0 Å². The highest BCUT2D eigenvalue weighted by Crippen LogP contribution is 2.29. The summed E-state index contributed by atoms with van der Waals surface area (Å²) in [5.74, 6) is -2.71. The molecule has 0 aliphatic heterocycles. The maximum atomic E-state index is 13.6. The fourth-order valence-corrected chi connectivity index (χ4v) is 1.57. The van der Waals surface area contributed by atoms with Crippen LogP contribution in [0.1, 0.15) is 18.5 Å². The number of pyridine rings is 1. The fraction of sp³-hybridized carbons (Fsp3) is 0.154. The Labute approximate surface area is 118 Å². The van der Waals surface area contributed by atoms with E-state index in [9.17, 15) is 18.9 Å². The lowest BCUT2D eigenvalue weighted by molar-refractivity contribution is -0.387. The molecule has 0 bridgehead atoms.